The molecule has 0 aliphatic rings. The maximum Gasteiger partial charge on any atom is 0.434 e. The predicted molar refractivity (Wildman–Crippen MR) is 75.0 cm³/mol. The molecule has 1 heterocycles. The van der Waals surface area contributed by atoms with E-state index in [0.29, 0.717) is 0 Å². The number of alkyl halides is 3. The number of amides is 1. The second kappa shape index (κ2) is 6.73. The molecule has 22 heavy (non-hydrogen) atoms. The lowest BCUT2D eigenvalue weighted by Crippen LogP contribution is -2.18. The Morgan fingerprint density at radius 1 is 1.27 bits per heavy atom. The molecule has 1 aromatic carbocycles. The van der Waals surface area contributed by atoms with Gasteiger partial charge in [-0.05, 0) is 21.5 Å². The van der Waals surface area contributed by atoms with Gasteiger partial charge >= 0.3 is 12.3 Å². The molecule has 0 unspecified atom stereocenters. The molecule has 0 fully saturated rings. The quantitative estimate of drug-likeness (QED) is 0.880. The smallest absolute Gasteiger partial charge is 0.434 e. The number of benzene rings is 1. The van der Waals surface area contributed by atoms with E-state index in [2.05, 4.69) is 25.9 Å². The monoisotopic (exact) mass is 375 g/mol. The van der Waals surface area contributed by atoms with Crippen molar-refractivity contribution in [3.05, 3.63) is 52.3 Å². The fourth-order valence-electron chi connectivity index (χ4n) is 1.48. The summed E-state index contributed by atoms with van der Waals surface area (Å²) in [6, 6.07) is 8.82. The van der Waals surface area contributed by atoms with Gasteiger partial charge in [0.15, 0.2) is 5.69 Å². The summed E-state index contributed by atoms with van der Waals surface area (Å²) in [5.74, 6) is -0.492. The Bertz CT molecular complexity index is 665. The van der Waals surface area contributed by atoms with E-state index in [9.17, 15) is 18.0 Å². The molecule has 0 bridgehead atoms. The van der Waals surface area contributed by atoms with Gasteiger partial charge in [-0.2, -0.15) is 13.2 Å². The SMILES string of the molecule is O=C(Nc1ncc(Br)c(C(F)(F)F)n1)OCc1ccccc1. The number of carbonyl (C=O) groups is 1. The molecule has 0 saturated carbocycles. The van der Waals surface area contributed by atoms with Crippen LogP contribution in [0, 0.1) is 0 Å². The highest BCUT2D eigenvalue weighted by Gasteiger charge is 2.35. The lowest BCUT2D eigenvalue weighted by molar-refractivity contribution is -0.141. The number of carbonyl (C=O) groups excluding carboxylic acids is 1. The molecule has 0 atom stereocenters. The Labute approximate surface area is 131 Å². The molecule has 0 spiro atoms. The molecule has 1 N–H and O–H groups in total. The van der Waals surface area contributed by atoms with E-state index in [1.165, 1.54) is 0 Å². The number of rotatable bonds is 3. The molecule has 0 radical (unpaired) electrons. The third-order valence-electron chi connectivity index (χ3n) is 2.44. The third kappa shape index (κ3) is 4.42. The highest BCUT2D eigenvalue weighted by atomic mass is 79.9. The number of hydrogen-bond donors (Lipinski definition) is 1. The van der Waals surface area contributed by atoms with Gasteiger partial charge in [-0.3, -0.25) is 5.32 Å². The summed E-state index contributed by atoms with van der Waals surface area (Å²) >= 11 is 2.70. The highest BCUT2D eigenvalue weighted by Crippen LogP contribution is 2.33. The molecule has 116 valence electrons. The van der Waals surface area contributed by atoms with Crippen LogP contribution in [-0.2, 0) is 17.5 Å². The summed E-state index contributed by atoms with van der Waals surface area (Å²) < 4.78 is 42.6. The van der Waals surface area contributed by atoms with Gasteiger partial charge in [0.05, 0.1) is 4.47 Å². The minimum atomic E-state index is -4.66. The third-order valence-corrected chi connectivity index (χ3v) is 3.02. The van der Waals surface area contributed by atoms with Crippen molar-refractivity contribution in [1.29, 1.82) is 0 Å². The molecule has 0 saturated heterocycles. The molecule has 0 aliphatic heterocycles. The van der Waals surface area contributed by atoms with Gasteiger partial charge < -0.3 is 4.74 Å². The standard InChI is InChI=1S/C13H9BrF3N3O2/c14-9-6-18-11(19-10(9)13(15,16)17)20-12(21)22-7-8-4-2-1-3-5-8/h1-6H,7H2,(H,18,19,20,21). The number of hydrogen-bond acceptors (Lipinski definition) is 4. The van der Waals surface area contributed by atoms with Gasteiger partial charge in [0.1, 0.15) is 6.61 Å². The average Bonchev–Trinajstić information content (AvgIpc) is 2.47. The van der Waals surface area contributed by atoms with Gasteiger partial charge in [0, 0.05) is 6.20 Å². The minimum absolute atomic E-state index is 0.0185. The van der Waals surface area contributed by atoms with E-state index in [-0.39, 0.29) is 11.1 Å². The first-order valence-corrected chi connectivity index (χ1v) is 6.73. The number of anilines is 1. The molecule has 9 heteroatoms. The van der Waals surface area contributed by atoms with Crippen molar-refractivity contribution in [2.45, 2.75) is 12.8 Å². The van der Waals surface area contributed by atoms with E-state index in [4.69, 9.17) is 4.74 Å². The summed E-state index contributed by atoms with van der Waals surface area (Å²) in [5.41, 5.74) is -0.439. The summed E-state index contributed by atoms with van der Waals surface area (Å²) in [7, 11) is 0. The van der Waals surface area contributed by atoms with Gasteiger partial charge in [-0.15, -0.1) is 0 Å². The van der Waals surface area contributed by atoms with E-state index in [1.807, 2.05) is 5.32 Å². The first-order valence-electron chi connectivity index (χ1n) is 5.93. The molecular weight excluding hydrogens is 367 g/mol. The average molecular weight is 376 g/mol. The molecule has 1 aromatic heterocycles. The fourth-order valence-corrected chi connectivity index (χ4v) is 1.89. The first-order chi connectivity index (χ1) is 10.4. The van der Waals surface area contributed by atoms with Crippen molar-refractivity contribution >= 4 is 28.0 Å². The Balaban J connectivity index is 2.00. The summed E-state index contributed by atoms with van der Waals surface area (Å²) in [6.07, 6.45) is -4.70. The van der Waals surface area contributed by atoms with Crippen LogP contribution in [0.15, 0.2) is 41.0 Å². The normalized spacial score (nSPS) is 11.1. The first kappa shape index (κ1) is 16.2. The number of halogens is 4. The van der Waals surface area contributed by atoms with E-state index < -0.39 is 23.9 Å². The maximum atomic E-state index is 12.7. The molecule has 2 aromatic rings. The van der Waals surface area contributed by atoms with Crippen molar-refractivity contribution in [1.82, 2.24) is 9.97 Å². The molecule has 1 amide bonds. The van der Waals surface area contributed by atoms with Gasteiger partial charge in [0.25, 0.3) is 0 Å². The van der Waals surface area contributed by atoms with Crippen LogP contribution in [0.2, 0.25) is 0 Å². The largest absolute Gasteiger partial charge is 0.444 e. The molecule has 2 rings (SSSR count). The second-order valence-corrected chi connectivity index (χ2v) is 4.93. The fraction of sp³-hybridized carbons (Fsp3) is 0.154. The van der Waals surface area contributed by atoms with Crippen molar-refractivity contribution in [3.8, 4) is 0 Å². The molecular formula is C13H9BrF3N3O2. The van der Waals surface area contributed by atoms with Crippen molar-refractivity contribution in [2.75, 3.05) is 5.32 Å². The van der Waals surface area contributed by atoms with Crippen LogP contribution >= 0.6 is 15.9 Å². The van der Waals surface area contributed by atoms with E-state index in [0.717, 1.165) is 11.8 Å². The zero-order chi connectivity index (χ0) is 16.2. The Hall–Kier alpha value is -2.16. The second-order valence-electron chi connectivity index (χ2n) is 4.07. The summed E-state index contributed by atoms with van der Waals surface area (Å²) in [5, 5.41) is 2.05. The van der Waals surface area contributed by atoms with Crippen molar-refractivity contribution < 1.29 is 22.7 Å². The van der Waals surface area contributed by atoms with Crippen molar-refractivity contribution in [2.24, 2.45) is 0 Å². The molecule has 5 nitrogen and oxygen atoms in total. The highest BCUT2D eigenvalue weighted by molar-refractivity contribution is 9.10. The van der Waals surface area contributed by atoms with Crippen LogP contribution < -0.4 is 5.32 Å². The van der Waals surface area contributed by atoms with E-state index >= 15 is 0 Å². The van der Waals surface area contributed by atoms with Crippen LogP contribution in [0.5, 0.6) is 0 Å². The number of aromatic nitrogens is 2. The van der Waals surface area contributed by atoms with Crippen LogP contribution in [0.3, 0.4) is 0 Å². The Kier molecular flexibility index (Phi) is 4.96. The van der Waals surface area contributed by atoms with Crippen LogP contribution in [-0.4, -0.2) is 16.1 Å². The summed E-state index contributed by atoms with van der Waals surface area (Å²) in [6.45, 7) is -0.0185. The number of nitrogens with one attached hydrogen (secondary N) is 1. The van der Waals surface area contributed by atoms with E-state index in [1.54, 1.807) is 30.3 Å². The lowest BCUT2D eigenvalue weighted by Gasteiger charge is -2.10. The number of nitrogens with zero attached hydrogens (tertiary/aromatic N) is 2. The zero-order valence-electron chi connectivity index (χ0n) is 10.9. The minimum Gasteiger partial charge on any atom is -0.444 e. The zero-order valence-corrected chi connectivity index (χ0v) is 12.5. The van der Waals surface area contributed by atoms with Crippen LogP contribution in [0.4, 0.5) is 23.9 Å². The summed E-state index contributed by atoms with van der Waals surface area (Å²) in [4.78, 5) is 18.3. The Morgan fingerprint density at radius 2 is 1.95 bits per heavy atom. The molecule has 0 aliphatic carbocycles. The van der Waals surface area contributed by atoms with Crippen LogP contribution in [0.25, 0.3) is 0 Å². The van der Waals surface area contributed by atoms with Crippen molar-refractivity contribution in [3.63, 3.8) is 0 Å². The lowest BCUT2D eigenvalue weighted by atomic mass is 10.2. The van der Waals surface area contributed by atoms with Gasteiger partial charge in [0.2, 0.25) is 5.95 Å². The van der Waals surface area contributed by atoms with Gasteiger partial charge in [-0.25, -0.2) is 14.8 Å². The topological polar surface area (TPSA) is 64.1 Å². The van der Waals surface area contributed by atoms with Gasteiger partial charge in [-0.1, -0.05) is 30.3 Å². The number of ether oxygens (including phenoxy) is 1. The predicted octanol–water partition coefficient (Wildman–Crippen LogP) is 4.01. The Morgan fingerprint density at radius 3 is 2.59 bits per heavy atom. The maximum absolute atomic E-state index is 12.7. The van der Waals surface area contributed by atoms with Crippen LogP contribution in [0.1, 0.15) is 11.3 Å².